The van der Waals surface area contributed by atoms with Crippen molar-refractivity contribution in [3.05, 3.63) is 11.8 Å². The van der Waals surface area contributed by atoms with E-state index in [1.54, 1.807) is 13.0 Å². The van der Waals surface area contributed by atoms with Crippen molar-refractivity contribution < 1.29 is 9.32 Å². The van der Waals surface area contributed by atoms with Crippen molar-refractivity contribution >= 4 is 23.5 Å². The molecule has 1 unspecified atom stereocenters. The van der Waals surface area contributed by atoms with Crippen molar-refractivity contribution in [1.29, 1.82) is 0 Å². The van der Waals surface area contributed by atoms with Crippen LogP contribution in [-0.2, 0) is 4.79 Å². The summed E-state index contributed by atoms with van der Waals surface area (Å²) in [7, 11) is 0. The van der Waals surface area contributed by atoms with Gasteiger partial charge in [-0.25, -0.2) is 4.68 Å². The summed E-state index contributed by atoms with van der Waals surface area (Å²) in [6, 6.07) is 2.06. The van der Waals surface area contributed by atoms with Crippen LogP contribution in [0.25, 0.3) is 0 Å². The first kappa shape index (κ1) is 17.9. The number of hydrogen-bond donors (Lipinski definition) is 1. The van der Waals surface area contributed by atoms with Gasteiger partial charge in [-0.05, 0) is 36.6 Å². The Kier molecular flexibility index (Phi) is 6.06. The molecule has 1 amide bonds. The number of aryl methyl sites for hydroxylation is 1. The van der Waals surface area contributed by atoms with E-state index in [0.717, 1.165) is 37.3 Å². The highest BCUT2D eigenvalue weighted by Gasteiger charge is 2.27. The lowest BCUT2D eigenvalue weighted by atomic mass is 10.2. The Morgan fingerprint density at radius 3 is 2.96 bits per heavy atom. The lowest BCUT2D eigenvalue weighted by Gasteiger charge is -2.16. The maximum Gasteiger partial charge on any atom is 0.239 e. The minimum absolute atomic E-state index is 0.0901. The molecule has 25 heavy (non-hydrogen) atoms. The summed E-state index contributed by atoms with van der Waals surface area (Å²) in [6.07, 6.45) is 7.38. The largest absolute Gasteiger partial charge is 0.360 e. The Labute approximate surface area is 151 Å². The highest BCUT2D eigenvalue weighted by Crippen LogP contribution is 2.33. The van der Waals surface area contributed by atoms with Crippen LogP contribution in [0.3, 0.4) is 0 Å². The second kappa shape index (κ2) is 8.46. The number of hydrogen-bond acceptors (Lipinski definition) is 7. The van der Waals surface area contributed by atoms with Crippen LogP contribution in [0.2, 0.25) is 0 Å². The third-order valence-electron chi connectivity index (χ3n) is 4.37. The lowest BCUT2D eigenvalue weighted by molar-refractivity contribution is -0.115. The summed E-state index contributed by atoms with van der Waals surface area (Å²) in [5.74, 6) is 1.02. The number of aromatic nitrogens is 5. The first-order chi connectivity index (χ1) is 12.2. The van der Waals surface area contributed by atoms with E-state index in [1.165, 1.54) is 24.6 Å². The fourth-order valence-corrected chi connectivity index (χ4v) is 4.12. The quantitative estimate of drug-likeness (QED) is 0.717. The molecule has 136 valence electrons. The van der Waals surface area contributed by atoms with Gasteiger partial charge in [0.15, 0.2) is 5.82 Å². The molecule has 1 aliphatic carbocycles. The summed E-state index contributed by atoms with van der Waals surface area (Å²) < 4.78 is 6.90. The molecule has 1 atom stereocenters. The normalized spacial score (nSPS) is 16.2. The number of tetrazole rings is 1. The van der Waals surface area contributed by atoms with E-state index in [1.807, 2.05) is 4.68 Å². The van der Waals surface area contributed by atoms with Crippen LogP contribution in [0, 0.1) is 6.92 Å². The Balaban J connectivity index is 1.70. The molecule has 0 radical (unpaired) electrons. The van der Waals surface area contributed by atoms with Crippen molar-refractivity contribution in [3.8, 4) is 0 Å². The Bertz CT molecular complexity index is 694. The fourth-order valence-electron chi connectivity index (χ4n) is 3.03. The fraction of sp³-hybridized carbons (Fsp3) is 0.688. The summed E-state index contributed by atoms with van der Waals surface area (Å²) in [5, 5.41) is 19.3. The van der Waals surface area contributed by atoms with Crippen LogP contribution < -0.4 is 5.32 Å². The zero-order chi connectivity index (χ0) is 17.6. The van der Waals surface area contributed by atoms with Crippen molar-refractivity contribution in [2.24, 2.45) is 0 Å². The second-order valence-electron chi connectivity index (χ2n) is 6.41. The summed E-state index contributed by atoms with van der Waals surface area (Å²) in [5.41, 5.74) is 0. The van der Waals surface area contributed by atoms with Gasteiger partial charge in [0.05, 0.1) is 11.3 Å². The number of nitrogens with zero attached hydrogens (tertiary/aromatic N) is 5. The predicted octanol–water partition coefficient (Wildman–Crippen LogP) is 3.37. The van der Waals surface area contributed by atoms with Crippen molar-refractivity contribution in [2.75, 3.05) is 5.32 Å². The molecule has 0 bridgehead atoms. The van der Waals surface area contributed by atoms with Crippen LogP contribution in [-0.4, -0.2) is 36.5 Å². The molecule has 9 heteroatoms. The Morgan fingerprint density at radius 2 is 2.28 bits per heavy atom. The first-order valence-corrected chi connectivity index (χ1v) is 9.74. The van der Waals surface area contributed by atoms with Crippen LogP contribution in [0.5, 0.6) is 0 Å². The average Bonchev–Trinajstić information content (AvgIpc) is 3.32. The molecule has 0 aliphatic heterocycles. The van der Waals surface area contributed by atoms with Gasteiger partial charge in [-0.3, -0.25) is 4.79 Å². The molecular formula is C16H24N6O2S. The van der Waals surface area contributed by atoms with E-state index in [2.05, 4.69) is 32.9 Å². The van der Waals surface area contributed by atoms with Crippen LogP contribution >= 0.6 is 11.8 Å². The van der Waals surface area contributed by atoms with Crippen LogP contribution in [0.4, 0.5) is 5.82 Å². The van der Waals surface area contributed by atoms with Gasteiger partial charge in [0, 0.05) is 6.07 Å². The average molecular weight is 364 g/mol. The molecule has 1 N–H and O–H groups in total. The van der Waals surface area contributed by atoms with Gasteiger partial charge in [0.1, 0.15) is 5.76 Å². The summed E-state index contributed by atoms with van der Waals surface area (Å²) >= 11 is 1.44. The van der Waals surface area contributed by atoms with Gasteiger partial charge in [-0.1, -0.05) is 49.5 Å². The monoisotopic (exact) mass is 364 g/mol. The molecule has 1 aliphatic rings. The number of unbranched alkanes of at least 4 members (excludes halogenated alkanes) is 1. The Morgan fingerprint density at radius 1 is 1.48 bits per heavy atom. The molecule has 1 saturated carbocycles. The van der Waals surface area contributed by atoms with E-state index in [9.17, 15) is 4.79 Å². The third-order valence-corrected chi connectivity index (χ3v) is 5.59. The third kappa shape index (κ3) is 4.59. The molecule has 0 spiro atoms. The second-order valence-corrected chi connectivity index (χ2v) is 7.57. The number of amides is 1. The highest BCUT2D eigenvalue weighted by molar-refractivity contribution is 8.00. The maximum atomic E-state index is 12.7. The van der Waals surface area contributed by atoms with Gasteiger partial charge in [0.2, 0.25) is 11.1 Å². The molecule has 0 saturated heterocycles. The van der Waals surface area contributed by atoms with Gasteiger partial charge < -0.3 is 9.84 Å². The van der Waals surface area contributed by atoms with Crippen molar-refractivity contribution in [2.45, 2.75) is 75.2 Å². The number of thioether (sulfide) groups is 1. The molecule has 1 fully saturated rings. The zero-order valence-corrected chi connectivity index (χ0v) is 15.5. The van der Waals surface area contributed by atoms with Crippen molar-refractivity contribution in [3.63, 3.8) is 0 Å². The van der Waals surface area contributed by atoms with E-state index < -0.39 is 0 Å². The first-order valence-electron chi connectivity index (χ1n) is 8.86. The SMILES string of the molecule is CCCCC(Sc1nnnn1C1CCCC1)C(=O)Nc1cc(C)on1. The van der Waals surface area contributed by atoms with E-state index in [-0.39, 0.29) is 11.2 Å². The minimum Gasteiger partial charge on any atom is -0.360 e. The van der Waals surface area contributed by atoms with Crippen molar-refractivity contribution in [1.82, 2.24) is 25.4 Å². The zero-order valence-electron chi connectivity index (χ0n) is 14.6. The number of anilines is 1. The number of carbonyl (C=O) groups is 1. The number of carbonyl (C=O) groups excluding carboxylic acids is 1. The lowest BCUT2D eigenvalue weighted by Crippen LogP contribution is -2.26. The van der Waals surface area contributed by atoms with Gasteiger partial charge in [-0.2, -0.15) is 0 Å². The molecular weight excluding hydrogens is 340 g/mol. The van der Waals surface area contributed by atoms with Crippen LogP contribution in [0.1, 0.15) is 63.7 Å². The van der Waals surface area contributed by atoms with Gasteiger partial charge >= 0.3 is 0 Å². The highest BCUT2D eigenvalue weighted by atomic mass is 32.2. The topological polar surface area (TPSA) is 98.7 Å². The minimum atomic E-state index is -0.261. The molecule has 3 rings (SSSR count). The van der Waals surface area contributed by atoms with Crippen LogP contribution in [0.15, 0.2) is 15.7 Å². The van der Waals surface area contributed by atoms with Gasteiger partial charge in [-0.15, -0.1) is 5.10 Å². The Hall–Kier alpha value is -1.90. The standard InChI is InChI=1S/C16H24N6O2S/c1-3-4-9-13(15(23)17-14-10-11(2)24-19-14)25-16-18-20-21-22(16)12-7-5-6-8-12/h10,12-13H,3-9H2,1-2H3,(H,17,19,23). The summed E-state index contributed by atoms with van der Waals surface area (Å²) in [6.45, 7) is 3.91. The van der Waals surface area contributed by atoms with Gasteiger partial charge in [0.25, 0.3) is 0 Å². The molecule has 2 aromatic heterocycles. The molecule has 8 nitrogen and oxygen atoms in total. The molecule has 2 heterocycles. The smallest absolute Gasteiger partial charge is 0.239 e. The van der Waals surface area contributed by atoms with E-state index in [4.69, 9.17) is 4.52 Å². The summed E-state index contributed by atoms with van der Waals surface area (Å²) in [4.78, 5) is 12.7. The van der Waals surface area contributed by atoms with E-state index in [0.29, 0.717) is 17.6 Å². The number of rotatable bonds is 8. The van der Waals surface area contributed by atoms with E-state index >= 15 is 0 Å². The maximum absolute atomic E-state index is 12.7. The molecule has 0 aromatic carbocycles. The number of nitrogens with one attached hydrogen (secondary N) is 1. The predicted molar refractivity (Wildman–Crippen MR) is 94.4 cm³/mol. The molecule has 2 aromatic rings.